The zero-order valence-corrected chi connectivity index (χ0v) is 13.3. The van der Waals surface area contributed by atoms with Gasteiger partial charge in [0.25, 0.3) is 0 Å². The SMILES string of the molecule is COC(=O)c1ccoc1CN(C1CC1)S(=O)(=O)c1cccnc1. The van der Waals surface area contributed by atoms with Gasteiger partial charge in [0.05, 0.1) is 19.9 Å². The maximum atomic E-state index is 12.8. The van der Waals surface area contributed by atoms with Gasteiger partial charge in [0.15, 0.2) is 0 Å². The molecule has 0 unspecified atom stereocenters. The lowest BCUT2D eigenvalue weighted by Gasteiger charge is -2.21. The molecule has 2 aromatic heterocycles. The molecule has 0 amide bonds. The van der Waals surface area contributed by atoms with Gasteiger partial charge in [0, 0.05) is 18.4 Å². The Kier molecular flexibility index (Phi) is 4.18. The van der Waals surface area contributed by atoms with Gasteiger partial charge in [0.2, 0.25) is 10.0 Å². The number of carbonyl (C=O) groups is 1. The van der Waals surface area contributed by atoms with Crippen molar-refractivity contribution in [1.82, 2.24) is 9.29 Å². The number of ether oxygens (including phenoxy) is 1. The molecule has 1 aliphatic carbocycles. The number of rotatable bonds is 6. The Bertz CT molecular complexity index is 796. The molecule has 0 aliphatic heterocycles. The maximum Gasteiger partial charge on any atom is 0.341 e. The number of methoxy groups -OCH3 is 1. The van der Waals surface area contributed by atoms with Gasteiger partial charge < -0.3 is 9.15 Å². The quantitative estimate of drug-likeness (QED) is 0.748. The molecule has 1 saturated carbocycles. The molecule has 0 saturated heterocycles. The zero-order valence-electron chi connectivity index (χ0n) is 12.5. The van der Waals surface area contributed by atoms with Crippen molar-refractivity contribution in [3.8, 4) is 0 Å². The van der Waals surface area contributed by atoms with Gasteiger partial charge in [-0.1, -0.05) is 0 Å². The second-order valence-electron chi connectivity index (χ2n) is 5.22. The number of hydrogen-bond acceptors (Lipinski definition) is 6. The first-order valence-electron chi connectivity index (χ1n) is 7.10. The molecule has 3 rings (SSSR count). The number of furan rings is 1. The van der Waals surface area contributed by atoms with Crippen molar-refractivity contribution in [3.63, 3.8) is 0 Å². The van der Waals surface area contributed by atoms with E-state index in [0.717, 1.165) is 12.8 Å². The molecule has 1 fully saturated rings. The Morgan fingerprint density at radius 2 is 2.22 bits per heavy atom. The van der Waals surface area contributed by atoms with Crippen molar-refractivity contribution >= 4 is 16.0 Å². The molecule has 2 heterocycles. The van der Waals surface area contributed by atoms with Crippen molar-refractivity contribution < 1.29 is 22.4 Å². The van der Waals surface area contributed by atoms with Crippen molar-refractivity contribution in [2.45, 2.75) is 30.3 Å². The van der Waals surface area contributed by atoms with Crippen molar-refractivity contribution in [2.75, 3.05) is 7.11 Å². The molecule has 2 aromatic rings. The molecule has 8 heteroatoms. The summed E-state index contributed by atoms with van der Waals surface area (Å²) >= 11 is 0. The Labute approximate surface area is 133 Å². The molecule has 1 aliphatic rings. The third-order valence-electron chi connectivity index (χ3n) is 3.65. The maximum absolute atomic E-state index is 12.8. The van der Waals surface area contributed by atoms with E-state index >= 15 is 0 Å². The van der Waals surface area contributed by atoms with E-state index < -0.39 is 16.0 Å². The van der Waals surface area contributed by atoms with Crippen LogP contribution in [0.15, 0.2) is 46.2 Å². The molecule has 0 aromatic carbocycles. The molecular weight excluding hydrogens is 320 g/mol. The fourth-order valence-electron chi connectivity index (χ4n) is 2.30. The van der Waals surface area contributed by atoms with Crippen molar-refractivity contribution in [2.24, 2.45) is 0 Å². The Morgan fingerprint density at radius 1 is 1.43 bits per heavy atom. The fraction of sp³-hybridized carbons (Fsp3) is 0.333. The predicted octanol–water partition coefficient (Wildman–Crippen LogP) is 1.81. The van der Waals surface area contributed by atoms with E-state index in [1.165, 1.54) is 42.2 Å². The van der Waals surface area contributed by atoms with E-state index in [-0.39, 0.29) is 28.8 Å². The molecular formula is C15H16N2O5S. The lowest BCUT2D eigenvalue weighted by molar-refractivity contribution is 0.0597. The van der Waals surface area contributed by atoms with Crippen LogP contribution < -0.4 is 0 Å². The van der Waals surface area contributed by atoms with Crippen molar-refractivity contribution in [3.05, 3.63) is 48.2 Å². The smallest absolute Gasteiger partial charge is 0.341 e. The molecule has 0 N–H and O–H groups in total. The van der Waals surface area contributed by atoms with E-state index in [1.54, 1.807) is 6.07 Å². The van der Waals surface area contributed by atoms with Crippen LogP contribution in [0, 0.1) is 0 Å². The van der Waals surface area contributed by atoms with Crippen LogP contribution in [-0.4, -0.2) is 36.8 Å². The molecule has 0 spiro atoms. The molecule has 122 valence electrons. The van der Waals surface area contributed by atoms with Crippen molar-refractivity contribution in [1.29, 1.82) is 0 Å². The highest BCUT2D eigenvalue weighted by Gasteiger charge is 2.39. The summed E-state index contributed by atoms with van der Waals surface area (Å²) in [5.41, 5.74) is 0.236. The monoisotopic (exact) mass is 336 g/mol. The van der Waals surface area contributed by atoms with Crippen LogP contribution in [0.3, 0.4) is 0 Å². The second kappa shape index (κ2) is 6.13. The summed E-state index contributed by atoms with van der Waals surface area (Å²) in [7, 11) is -2.44. The number of carbonyl (C=O) groups excluding carboxylic acids is 1. The Balaban J connectivity index is 1.92. The number of sulfonamides is 1. The number of hydrogen-bond donors (Lipinski definition) is 0. The number of nitrogens with zero attached hydrogens (tertiary/aromatic N) is 2. The Hall–Kier alpha value is -2.19. The van der Waals surface area contributed by atoms with E-state index in [1.807, 2.05) is 0 Å². The molecule has 0 radical (unpaired) electrons. The van der Waals surface area contributed by atoms with Crippen LogP contribution in [0.25, 0.3) is 0 Å². The summed E-state index contributed by atoms with van der Waals surface area (Å²) < 4.78 is 37.0. The summed E-state index contributed by atoms with van der Waals surface area (Å²) in [4.78, 5) is 15.7. The summed E-state index contributed by atoms with van der Waals surface area (Å²) in [5.74, 6) is -0.278. The van der Waals surface area contributed by atoms with Gasteiger partial charge in [-0.25, -0.2) is 13.2 Å². The Morgan fingerprint density at radius 3 is 2.83 bits per heavy atom. The second-order valence-corrected chi connectivity index (χ2v) is 7.11. The van der Waals surface area contributed by atoms with Gasteiger partial charge in [-0.15, -0.1) is 0 Å². The van der Waals surface area contributed by atoms with Gasteiger partial charge >= 0.3 is 5.97 Å². The average Bonchev–Trinajstić information content (AvgIpc) is 3.30. The predicted molar refractivity (Wildman–Crippen MR) is 80.0 cm³/mol. The minimum atomic E-state index is -3.70. The minimum absolute atomic E-state index is 0.0146. The summed E-state index contributed by atoms with van der Waals surface area (Å²) in [5, 5.41) is 0. The summed E-state index contributed by atoms with van der Waals surface area (Å²) in [6.45, 7) is -0.0146. The number of pyridine rings is 1. The molecule has 7 nitrogen and oxygen atoms in total. The molecule has 0 bridgehead atoms. The lowest BCUT2D eigenvalue weighted by Crippen LogP contribution is -2.33. The molecule has 0 atom stereocenters. The standard InChI is InChI=1S/C15H16N2O5S/c1-21-15(18)13-6-8-22-14(13)10-17(11-4-5-11)23(19,20)12-3-2-7-16-9-12/h2-3,6-9,11H,4-5,10H2,1H3. The average molecular weight is 336 g/mol. The summed E-state index contributed by atoms with van der Waals surface area (Å²) in [6.07, 6.45) is 5.75. The largest absolute Gasteiger partial charge is 0.467 e. The third kappa shape index (κ3) is 3.13. The minimum Gasteiger partial charge on any atom is -0.467 e. The van der Waals surface area contributed by atoms with Crippen LogP contribution in [0.5, 0.6) is 0 Å². The van der Waals surface area contributed by atoms with Crippen LogP contribution in [-0.2, 0) is 21.3 Å². The summed E-state index contributed by atoms with van der Waals surface area (Å²) in [6, 6.07) is 4.46. The first kappa shape index (κ1) is 15.7. The van der Waals surface area contributed by atoms with Gasteiger partial charge in [-0.05, 0) is 31.0 Å². The van der Waals surface area contributed by atoms with E-state index in [2.05, 4.69) is 9.72 Å². The highest BCUT2D eigenvalue weighted by molar-refractivity contribution is 7.89. The van der Waals surface area contributed by atoms with Crippen LogP contribution in [0.1, 0.15) is 29.0 Å². The van der Waals surface area contributed by atoms with Gasteiger partial charge in [0.1, 0.15) is 16.2 Å². The van der Waals surface area contributed by atoms with Crippen LogP contribution in [0.4, 0.5) is 0 Å². The first-order valence-corrected chi connectivity index (χ1v) is 8.54. The normalized spacial score (nSPS) is 14.9. The zero-order chi connectivity index (χ0) is 16.4. The van der Waals surface area contributed by atoms with Gasteiger partial charge in [-0.2, -0.15) is 4.31 Å². The number of aromatic nitrogens is 1. The van der Waals surface area contributed by atoms with E-state index in [9.17, 15) is 13.2 Å². The van der Waals surface area contributed by atoms with Crippen LogP contribution in [0.2, 0.25) is 0 Å². The van der Waals surface area contributed by atoms with Gasteiger partial charge in [-0.3, -0.25) is 4.98 Å². The van der Waals surface area contributed by atoms with Crippen LogP contribution >= 0.6 is 0 Å². The highest BCUT2D eigenvalue weighted by Crippen LogP contribution is 2.34. The fourth-order valence-corrected chi connectivity index (χ4v) is 3.91. The third-order valence-corrected chi connectivity index (χ3v) is 5.53. The first-order chi connectivity index (χ1) is 11.0. The lowest BCUT2D eigenvalue weighted by atomic mass is 10.2. The van der Waals surface area contributed by atoms with E-state index in [4.69, 9.17) is 4.42 Å². The topological polar surface area (TPSA) is 89.7 Å². The molecule has 23 heavy (non-hydrogen) atoms. The van der Waals surface area contributed by atoms with E-state index in [0.29, 0.717) is 0 Å². The highest BCUT2D eigenvalue weighted by atomic mass is 32.2. The number of esters is 1.